The van der Waals surface area contributed by atoms with Crippen molar-refractivity contribution in [2.45, 2.75) is 32.9 Å². The van der Waals surface area contributed by atoms with Crippen molar-refractivity contribution in [2.75, 3.05) is 6.26 Å². The van der Waals surface area contributed by atoms with Gasteiger partial charge in [-0.05, 0) is 37.8 Å². The highest BCUT2D eigenvalue weighted by atomic mass is 32.2. The van der Waals surface area contributed by atoms with Crippen LogP contribution in [-0.4, -0.2) is 21.5 Å². The summed E-state index contributed by atoms with van der Waals surface area (Å²) in [7, 11) is 1.72. The molecule has 0 aliphatic carbocycles. The Bertz CT molecular complexity index is 704. The van der Waals surface area contributed by atoms with Gasteiger partial charge in [-0.3, -0.25) is 9.36 Å². The molecule has 4 nitrogen and oxygen atoms in total. The summed E-state index contributed by atoms with van der Waals surface area (Å²) in [5.74, 6) is 0. The Hall–Kier alpha value is -1.62. The Morgan fingerprint density at radius 3 is 2.45 bits per heavy atom. The van der Waals surface area contributed by atoms with Crippen molar-refractivity contribution in [2.24, 2.45) is 7.05 Å². The molecule has 20 heavy (non-hydrogen) atoms. The van der Waals surface area contributed by atoms with Crippen LogP contribution in [0.5, 0.6) is 0 Å². The lowest BCUT2D eigenvalue weighted by molar-refractivity contribution is 0.727. The summed E-state index contributed by atoms with van der Waals surface area (Å²) in [5, 5.41) is 9.06. The Labute approximate surface area is 123 Å². The van der Waals surface area contributed by atoms with Gasteiger partial charge < -0.3 is 5.41 Å². The van der Waals surface area contributed by atoms with Crippen molar-refractivity contribution in [1.29, 1.82) is 5.41 Å². The molecular formula is C15H21N3OS. The number of thioether (sulfide) groups is 1. The number of nitrogens with zero attached hydrogens (tertiary/aromatic N) is 2. The third kappa shape index (κ3) is 2.93. The van der Waals surface area contributed by atoms with Crippen LogP contribution >= 0.6 is 11.8 Å². The Balaban J connectivity index is 0.000000956. The molecule has 1 heterocycles. The van der Waals surface area contributed by atoms with Crippen molar-refractivity contribution in [1.82, 2.24) is 9.55 Å². The van der Waals surface area contributed by atoms with Crippen molar-refractivity contribution in [3.63, 3.8) is 0 Å². The lowest BCUT2D eigenvalue weighted by Gasteiger charge is -2.10. The monoisotopic (exact) mass is 291 g/mol. The summed E-state index contributed by atoms with van der Waals surface area (Å²) in [6.45, 7) is 7.64. The van der Waals surface area contributed by atoms with Crippen molar-refractivity contribution in [3.05, 3.63) is 33.6 Å². The highest BCUT2D eigenvalue weighted by Crippen LogP contribution is 2.20. The van der Waals surface area contributed by atoms with Gasteiger partial charge in [0.25, 0.3) is 5.56 Å². The molecule has 108 valence electrons. The summed E-state index contributed by atoms with van der Waals surface area (Å²) in [6, 6.07) is 3.74. The van der Waals surface area contributed by atoms with Gasteiger partial charge in [0.2, 0.25) is 0 Å². The van der Waals surface area contributed by atoms with E-state index in [0.29, 0.717) is 21.8 Å². The molecule has 0 aliphatic rings. The van der Waals surface area contributed by atoms with Crippen LogP contribution < -0.4 is 5.56 Å². The zero-order chi connectivity index (χ0) is 15.4. The zero-order valence-electron chi connectivity index (χ0n) is 12.9. The van der Waals surface area contributed by atoms with Crippen LogP contribution in [0.2, 0.25) is 0 Å². The maximum atomic E-state index is 12.3. The fourth-order valence-corrected chi connectivity index (χ4v) is 2.51. The van der Waals surface area contributed by atoms with E-state index in [1.165, 1.54) is 11.8 Å². The second-order valence-corrected chi connectivity index (χ2v) is 5.07. The molecule has 0 radical (unpaired) electrons. The summed E-state index contributed by atoms with van der Waals surface area (Å²) < 4.78 is 1.55. The maximum Gasteiger partial charge on any atom is 0.261 e. The Morgan fingerprint density at radius 1 is 1.35 bits per heavy atom. The molecule has 0 bridgehead atoms. The Morgan fingerprint density at radius 2 is 1.95 bits per heavy atom. The van der Waals surface area contributed by atoms with E-state index < -0.39 is 0 Å². The predicted molar refractivity (Wildman–Crippen MR) is 87.4 cm³/mol. The van der Waals surface area contributed by atoms with E-state index in [4.69, 9.17) is 5.41 Å². The number of rotatable bonds is 2. The number of nitrogens with one attached hydrogen (secondary N) is 1. The largest absolute Gasteiger partial charge is 0.305 e. The van der Waals surface area contributed by atoms with Gasteiger partial charge in [-0.15, -0.1) is 0 Å². The van der Waals surface area contributed by atoms with Crippen molar-refractivity contribution in [3.8, 4) is 0 Å². The van der Waals surface area contributed by atoms with Crippen LogP contribution in [0.1, 0.15) is 31.9 Å². The predicted octanol–water partition coefficient (Wildman–Crippen LogP) is 3.38. The van der Waals surface area contributed by atoms with E-state index in [1.54, 1.807) is 18.5 Å². The first-order chi connectivity index (χ1) is 9.45. The molecule has 0 saturated heterocycles. The van der Waals surface area contributed by atoms with Gasteiger partial charge in [0.1, 0.15) is 0 Å². The zero-order valence-corrected chi connectivity index (χ0v) is 13.7. The lowest BCUT2D eigenvalue weighted by atomic mass is 10.0. The summed E-state index contributed by atoms with van der Waals surface area (Å²) in [5.41, 5.74) is 2.70. The molecule has 1 aromatic heterocycles. The quantitative estimate of drug-likeness (QED) is 0.524. The van der Waals surface area contributed by atoms with Gasteiger partial charge in [-0.25, -0.2) is 4.98 Å². The molecule has 0 spiro atoms. The number of benzene rings is 1. The topological polar surface area (TPSA) is 58.7 Å². The van der Waals surface area contributed by atoms with Gasteiger partial charge in [-0.1, -0.05) is 25.6 Å². The number of aromatic nitrogens is 2. The van der Waals surface area contributed by atoms with Crippen LogP contribution in [0.4, 0.5) is 0 Å². The fourth-order valence-electron chi connectivity index (χ4n) is 1.97. The Kier molecular flexibility index (Phi) is 5.51. The first-order valence-electron chi connectivity index (χ1n) is 6.56. The van der Waals surface area contributed by atoms with E-state index in [-0.39, 0.29) is 5.56 Å². The maximum absolute atomic E-state index is 12.3. The van der Waals surface area contributed by atoms with Crippen LogP contribution in [0.25, 0.3) is 10.9 Å². The van der Waals surface area contributed by atoms with Gasteiger partial charge in [-0.2, -0.15) is 0 Å². The minimum Gasteiger partial charge on any atom is -0.305 e. The molecule has 0 aliphatic heterocycles. The lowest BCUT2D eigenvalue weighted by Crippen LogP contribution is -2.21. The van der Waals surface area contributed by atoms with E-state index in [1.807, 2.05) is 39.2 Å². The number of hydrogen-bond donors (Lipinski definition) is 1. The average molecular weight is 291 g/mol. The molecule has 0 fully saturated rings. The average Bonchev–Trinajstić information content (AvgIpc) is 2.44. The number of aryl methyl sites for hydroxylation is 1. The smallest absolute Gasteiger partial charge is 0.261 e. The second-order valence-electron chi connectivity index (χ2n) is 4.30. The van der Waals surface area contributed by atoms with Crippen LogP contribution in [-0.2, 0) is 7.05 Å². The van der Waals surface area contributed by atoms with Gasteiger partial charge in [0.15, 0.2) is 5.16 Å². The first kappa shape index (κ1) is 16.4. The molecule has 0 amide bonds. The number of fused-ring (bicyclic) bond motifs is 1. The van der Waals surface area contributed by atoms with Crippen LogP contribution in [0, 0.1) is 12.3 Å². The molecule has 2 rings (SSSR count). The summed E-state index contributed by atoms with van der Waals surface area (Å²) in [4.78, 5) is 16.8. The second kappa shape index (κ2) is 6.70. The summed E-state index contributed by atoms with van der Waals surface area (Å²) in [6.07, 6.45) is 1.89. The fraction of sp³-hybridized carbons (Fsp3) is 0.400. The normalized spacial score (nSPS) is 10.1. The summed E-state index contributed by atoms with van der Waals surface area (Å²) >= 11 is 1.43. The third-order valence-electron chi connectivity index (χ3n) is 2.87. The van der Waals surface area contributed by atoms with Crippen LogP contribution in [0.3, 0.4) is 0 Å². The first-order valence-corrected chi connectivity index (χ1v) is 7.79. The highest BCUT2D eigenvalue weighted by Gasteiger charge is 2.12. The molecule has 2 aromatic rings. The van der Waals surface area contributed by atoms with Gasteiger partial charge in [0, 0.05) is 18.3 Å². The molecule has 0 unspecified atom stereocenters. The van der Waals surface area contributed by atoms with Crippen molar-refractivity contribution >= 4 is 28.4 Å². The van der Waals surface area contributed by atoms with E-state index in [0.717, 1.165) is 11.1 Å². The van der Waals surface area contributed by atoms with Crippen molar-refractivity contribution < 1.29 is 0 Å². The number of hydrogen-bond acceptors (Lipinski definition) is 4. The van der Waals surface area contributed by atoms with E-state index in [2.05, 4.69) is 4.98 Å². The van der Waals surface area contributed by atoms with Gasteiger partial charge in [0.05, 0.1) is 10.9 Å². The molecular weight excluding hydrogens is 270 g/mol. The molecule has 0 saturated carbocycles. The third-order valence-corrected chi connectivity index (χ3v) is 3.60. The van der Waals surface area contributed by atoms with E-state index in [9.17, 15) is 4.79 Å². The van der Waals surface area contributed by atoms with Crippen LogP contribution in [0.15, 0.2) is 22.1 Å². The molecule has 5 heteroatoms. The minimum absolute atomic E-state index is 0.0597. The molecule has 0 atom stereocenters. The molecule has 1 aromatic carbocycles. The SMILES string of the molecule is CC.CSc1nc2c(C(C)=N)cc(C)cc2c(=O)n1C. The highest BCUT2D eigenvalue weighted by molar-refractivity contribution is 7.98. The van der Waals surface area contributed by atoms with Gasteiger partial charge >= 0.3 is 0 Å². The van der Waals surface area contributed by atoms with E-state index >= 15 is 0 Å². The molecule has 1 N–H and O–H groups in total. The minimum atomic E-state index is -0.0597. The standard InChI is InChI=1S/C13H15N3OS.C2H6/c1-7-5-9(8(2)14)11-10(6-7)12(17)16(3)13(15-11)18-4;1-2/h5-6,14H,1-4H3;1-2H3.